The highest BCUT2D eigenvalue weighted by Crippen LogP contribution is 2.20. The van der Waals surface area contributed by atoms with Gasteiger partial charge in [-0.15, -0.1) is 0 Å². The van der Waals surface area contributed by atoms with Crippen molar-refractivity contribution in [2.24, 2.45) is 16.5 Å². The van der Waals surface area contributed by atoms with Crippen LogP contribution in [0.25, 0.3) is 5.70 Å². The van der Waals surface area contributed by atoms with E-state index in [0.29, 0.717) is 17.2 Å². The third-order valence-electron chi connectivity index (χ3n) is 5.53. The van der Waals surface area contributed by atoms with Crippen molar-refractivity contribution in [3.05, 3.63) is 109 Å². The number of nitrogens with two attached hydrogens (primary N) is 2. The standard InChI is InChI=1S/C29H34N6O2/c1-3-4-23(13-15-30)21-29(36)34-26-7-5-24(6-8-26)28(31)14-16-32-22(2)33-25-9-11-27(12-10-25)35-17-19-37-20-18-35/h3-16,33H,1-2,17-21,30-31H2,(H,34,36)/b15-13-,23-4+,28-14-,32-16?. The molecule has 1 heterocycles. The molecular formula is C29H34N6O2. The van der Waals surface area contributed by atoms with Crippen molar-refractivity contribution in [2.45, 2.75) is 6.42 Å². The fraction of sp³-hybridized carbons (Fsp3) is 0.172. The second-order valence-corrected chi connectivity index (χ2v) is 8.26. The summed E-state index contributed by atoms with van der Waals surface area (Å²) in [7, 11) is 0. The van der Waals surface area contributed by atoms with Crippen LogP contribution >= 0.6 is 0 Å². The molecule has 0 radical (unpaired) electrons. The number of nitrogens with zero attached hydrogens (tertiary/aromatic N) is 2. The zero-order valence-corrected chi connectivity index (χ0v) is 20.9. The third kappa shape index (κ3) is 8.87. The van der Waals surface area contributed by atoms with Gasteiger partial charge in [-0.3, -0.25) is 4.79 Å². The predicted octanol–water partition coefficient (Wildman–Crippen LogP) is 4.39. The molecule has 1 aliphatic rings. The van der Waals surface area contributed by atoms with Gasteiger partial charge in [-0.2, -0.15) is 0 Å². The number of hydrogen-bond acceptors (Lipinski definition) is 7. The average Bonchev–Trinajstić information content (AvgIpc) is 2.90. The first-order valence-electron chi connectivity index (χ1n) is 12.0. The number of nitrogens with one attached hydrogen (secondary N) is 2. The summed E-state index contributed by atoms with van der Waals surface area (Å²) in [4.78, 5) is 18.9. The lowest BCUT2D eigenvalue weighted by atomic mass is 10.1. The molecule has 0 saturated carbocycles. The van der Waals surface area contributed by atoms with Gasteiger partial charge >= 0.3 is 0 Å². The van der Waals surface area contributed by atoms with Crippen LogP contribution in [0.4, 0.5) is 17.1 Å². The summed E-state index contributed by atoms with van der Waals surface area (Å²) in [5.41, 5.74) is 16.5. The molecule has 8 nitrogen and oxygen atoms in total. The topological polar surface area (TPSA) is 118 Å². The molecular weight excluding hydrogens is 464 g/mol. The second kappa shape index (κ2) is 14.1. The van der Waals surface area contributed by atoms with E-state index >= 15 is 0 Å². The Bertz CT molecular complexity index is 1190. The maximum absolute atomic E-state index is 12.3. The molecule has 192 valence electrons. The number of rotatable bonds is 11. The number of morpholine rings is 1. The number of hydrogen-bond donors (Lipinski definition) is 4. The zero-order chi connectivity index (χ0) is 26.5. The van der Waals surface area contributed by atoms with E-state index in [9.17, 15) is 4.79 Å². The van der Waals surface area contributed by atoms with Crippen molar-refractivity contribution in [1.29, 1.82) is 0 Å². The van der Waals surface area contributed by atoms with Crippen LogP contribution in [0.15, 0.2) is 109 Å². The maximum atomic E-state index is 12.3. The van der Waals surface area contributed by atoms with Crippen molar-refractivity contribution < 1.29 is 9.53 Å². The molecule has 0 spiro atoms. The van der Waals surface area contributed by atoms with Crippen LogP contribution in [0.3, 0.4) is 0 Å². The molecule has 1 amide bonds. The molecule has 37 heavy (non-hydrogen) atoms. The zero-order valence-electron chi connectivity index (χ0n) is 20.9. The van der Waals surface area contributed by atoms with Gasteiger partial charge in [0.1, 0.15) is 5.82 Å². The van der Waals surface area contributed by atoms with Gasteiger partial charge in [0.2, 0.25) is 5.91 Å². The van der Waals surface area contributed by atoms with E-state index in [4.69, 9.17) is 16.2 Å². The highest BCUT2D eigenvalue weighted by atomic mass is 16.5. The molecule has 2 aromatic carbocycles. The summed E-state index contributed by atoms with van der Waals surface area (Å²) < 4.78 is 5.40. The van der Waals surface area contributed by atoms with E-state index in [2.05, 4.69) is 45.8 Å². The molecule has 8 heteroatoms. The largest absolute Gasteiger partial charge is 0.405 e. The van der Waals surface area contributed by atoms with E-state index in [-0.39, 0.29) is 12.3 Å². The van der Waals surface area contributed by atoms with Crippen LogP contribution in [-0.4, -0.2) is 38.4 Å². The molecule has 3 rings (SSSR count). The number of allylic oxidation sites excluding steroid dienone is 4. The molecule has 0 unspecified atom stereocenters. The molecule has 0 atom stereocenters. The summed E-state index contributed by atoms with van der Waals surface area (Å²) in [5.74, 6) is 0.340. The number of carbonyl (C=O) groups excluding carboxylic acids is 1. The predicted molar refractivity (Wildman–Crippen MR) is 154 cm³/mol. The molecule has 1 saturated heterocycles. The Morgan fingerprint density at radius 2 is 1.68 bits per heavy atom. The lowest BCUT2D eigenvalue weighted by molar-refractivity contribution is -0.115. The van der Waals surface area contributed by atoms with Crippen LogP contribution in [0.5, 0.6) is 0 Å². The Balaban J connectivity index is 1.50. The smallest absolute Gasteiger partial charge is 0.228 e. The van der Waals surface area contributed by atoms with Crippen LogP contribution in [0.2, 0.25) is 0 Å². The van der Waals surface area contributed by atoms with E-state index in [1.54, 1.807) is 42.7 Å². The van der Waals surface area contributed by atoms with Crippen LogP contribution < -0.4 is 27.0 Å². The number of aliphatic imine (C=N–C) groups is 1. The fourth-order valence-electron chi connectivity index (χ4n) is 3.66. The summed E-state index contributed by atoms with van der Waals surface area (Å²) in [6, 6.07) is 15.4. The van der Waals surface area contributed by atoms with Crippen molar-refractivity contribution in [3.8, 4) is 0 Å². The molecule has 1 aliphatic heterocycles. The van der Waals surface area contributed by atoms with Gasteiger partial charge in [0, 0.05) is 42.1 Å². The van der Waals surface area contributed by atoms with Crippen molar-refractivity contribution in [3.63, 3.8) is 0 Å². The van der Waals surface area contributed by atoms with E-state index < -0.39 is 0 Å². The summed E-state index contributed by atoms with van der Waals surface area (Å²) in [6.07, 6.45) is 9.91. The van der Waals surface area contributed by atoms with Crippen molar-refractivity contribution >= 4 is 34.9 Å². The lowest BCUT2D eigenvalue weighted by Crippen LogP contribution is -2.36. The van der Waals surface area contributed by atoms with E-state index in [1.807, 2.05) is 24.3 Å². The summed E-state index contributed by atoms with van der Waals surface area (Å²) >= 11 is 0. The van der Waals surface area contributed by atoms with Crippen molar-refractivity contribution in [1.82, 2.24) is 0 Å². The van der Waals surface area contributed by atoms with Gasteiger partial charge in [-0.05, 0) is 65.9 Å². The van der Waals surface area contributed by atoms with Gasteiger partial charge in [-0.1, -0.05) is 37.4 Å². The Labute approximate surface area is 218 Å². The highest BCUT2D eigenvalue weighted by molar-refractivity contribution is 5.93. The molecule has 0 bridgehead atoms. The fourth-order valence-corrected chi connectivity index (χ4v) is 3.66. The van der Waals surface area contributed by atoms with Gasteiger partial charge in [0.05, 0.1) is 19.6 Å². The number of benzene rings is 2. The Kier molecular flexibility index (Phi) is 10.3. The minimum atomic E-state index is -0.156. The molecule has 1 fully saturated rings. The number of carbonyl (C=O) groups is 1. The third-order valence-corrected chi connectivity index (χ3v) is 5.53. The summed E-state index contributed by atoms with van der Waals surface area (Å²) in [6.45, 7) is 10.9. The minimum Gasteiger partial charge on any atom is -0.405 e. The van der Waals surface area contributed by atoms with Gasteiger partial charge in [0.25, 0.3) is 0 Å². The normalized spacial score (nSPS) is 14.6. The number of ether oxygens (including phenoxy) is 1. The lowest BCUT2D eigenvalue weighted by Gasteiger charge is -2.28. The van der Waals surface area contributed by atoms with Crippen molar-refractivity contribution in [2.75, 3.05) is 41.8 Å². The average molecular weight is 499 g/mol. The van der Waals surface area contributed by atoms with Crippen LogP contribution in [0, 0.1) is 0 Å². The Hall–Kier alpha value is -4.56. The van der Waals surface area contributed by atoms with Crippen LogP contribution in [-0.2, 0) is 9.53 Å². The first kappa shape index (κ1) is 27.0. The molecule has 0 aromatic heterocycles. The molecule has 2 aromatic rings. The SMILES string of the molecule is C=C/C=C(\C=C/N)CC(=O)Nc1ccc(/C(N)=C/C=NC(=C)Nc2ccc(N3CCOCC3)cc2)cc1. The highest BCUT2D eigenvalue weighted by Gasteiger charge is 2.10. The first-order chi connectivity index (χ1) is 18.0. The molecule has 0 aliphatic carbocycles. The Morgan fingerprint density at radius 1 is 1.03 bits per heavy atom. The van der Waals surface area contributed by atoms with E-state index in [1.165, 1.54) is 11.9 Å². The summed E-state index contributed by atoms with van der Waals surface area (Å²) in [5, 5.41) is 6.03. The van der Waals surface area contributed by atoms with Gasteiger partial charge in [0.15, 0.2) is 0 Å². The minimum absolute atomic E-state index is 0.156. The molecule has 6 N–H and O–H groups in total. The van der Waals surface area contributed by atoms with Gasteiger partial charge in [-0.25, -0.2) is 4.99 Å². The monoisotopic (exact) mass is 498 g/mol. The maximum Gasteiger partial charge on any atom is 0.228 e. The van der Waals surface area contributed by atoms with Gasteiger partial charge < -0.3 is 31.7 Å². The Morgan fingerprint density at radius 3 is 2.32 bits per heavy atom. The van der Waals surface area contributed by atoms with E-state index in [0.717, 1.165) is 43.1 Å². The van der Waals surface area contributed by atoms with Crippen LogP contribution in [0.1, 0.15) is 12.0 Å². The number of anilines is 3. The number of amides is 1. The quantitative estimate of drug-likeness (QED) is 0.270. The second-order valence-electron chi connectivity index (χ2n) is 8.26. The first-order valence-corrected chi connectivity index (χ1v) is 12.0.